The molecule has 2 aromatic carbocycles. The molecule has 0 radical (unpaired) electrons. The Balaban J connectivity index is 2.08. The average molecular weight is 282 g/mol. The quantitative estimate of drug-likeness (QED) is 0.726. The molecule has 3 rings (SSSR count). The Kier molecular flexibility index (Phi) is 3.35. The van der Waals surface area contributed by atoms with Gasteiger partial charge in [-0.05, 0) is 35.8 Å². The van der Waals surface area contributed by atoms with E-state index in [1.807, 2.05) is 36.4 Å². The molecule has 0 bridgehead atoms. The number of hydrogen-bond acceptors (Lipinski definition) is 3. The van der Waals surface area contributed by atoms with Crippen LogP contribution in [-0.2, 0) is 6.42 Å². The van der Waals surface area contributed by atoms with Gasteiger partial charge in [-0.25, -0.2) is 5.10 Å². The van der Waals surface area contributed by atoms with Crippen molar-refractivity contribution in [2.75, 3.05) is 5.73 Å². The van der Waals surface area contributed by atoms with E-state index in [0.717, 1.165) is 17.7 Å². The Morgan fingerprint density at radius 3 is 2.45 bits per heavy atom. The number of anilines is 1. The molecule has 0 atom stereocenters. The van der Waals surface area contributed by atoms with Crippen LogP contribution in [0.5, 0.6) is 0 Å². The minimum Gasteiger partial charge on any atom is -0.368 e. The minimum absolute atomic E-state index is 0.371. The van der Waals surface area contributed by atoms with Crippen LogP contribution < -0.4 is 5.73 Å². The predicted molar refractivity (Wildman–Crippen MR) is 82.4 cm³/mol. The van der Waals surface area contributed by atoms with E-state index in [1.54, 1.807) is 4.57 Å². The molecule has 0 saturated heterocycles. The number of aromatic amines is 1. The van der Waals surface area contributed by atoms with Crippen molar-refractivity contribution in [3.63, 3.8) is 0 Å². The average Bonchev–Trinajstić information content (AvgIpc) is 2.80. The van der Waals surface area contributed by atoms with Gasteiger partial charge < -0.3 is 5.73 Å². The molecule has 0 saturated carbocycles. The number of nitrogens with one attached hydrogen (secondary N) is 1. The summed E-state index contributed by atoms with van der Waals surface area (Å²) in [4.78, 5) is 0. The van der Waals surface area contributed by atoms with E-state index in [0.29, 0.717) is 10.7 Å². The van der Waals surface area contributed by atoms with Gasteiger partial charge in [0.1, 0.15) is 0 Å². The lowest BCUT2D eigenvalue weighted by molar-refractivity contribution is 1.01. The van der Waals surface area contributed by atoms with Crippen LogP contribution in [0.15, 0.2) is 54.6 Å². The lowest BCUT2D eigenvalue weighted by Crippen LogP contribution is -2.04. The first kappa shape index (κ1) is 12.6. The lowest BCUT2D eigenvalue weighted by atomic mass is 10.0. The number of aromatic nitrogens is 3. The van der Waals surface area contributed by atoms with E-state index in [2.05, 4.69) is 28.4 Å². The highest BCUT2D eigenvalue weighted by Gasteiger charge is 2.09. The van der Waals surface area contributed by atoms with Crippen molar-refractivity contribution in [3.8, 4) is 5.69 Å². The van der Waals surface area contributed by atoms with Crippen molar-refractivity contribution in [1.82, 2.24) is 14.8 Å². The summed E-state index contributed by atoms with van der Waals surface area (Å²) in [6.07, 6.45) is 0.823. The molecular formula is C15H14N4S. The molecule has 0 amide bonds. The van der Waals surface area contributed by atoms with Crippen LogP contribution in [-0.4, -0.2) is 14.8 Å². The largest absolute Gasteiger partial charge is 0.368 e. The second kappa shape index (κ2) is 5.30. The molecule has 0 fully saturated rings. The highest BCUT2D eigenvalue weighted by atomic mass is 32.1. The summed E-state index contributed by atoms with van der Waals surface area (Å²) in [5.41, 5.74) is 9.25. The summed E-state index contributed by atoms with van der Waals surface area (Å²) in [7, 11) is 0. The number of para-hydroxylation sites is 1. The second-order valence-corrected chi connectivity index (χ2v) is 4.90. The van der Waals surface area contributed by atoms with Crippen LogP contribution in [0, 0.1) is 4.77 Å². The fourth-order valence-electron chi connectivity index (χ4n) is 2.24. The van der Waals surface area contributed by atoms with Crippen molar-refractivity contribution < 1.29 is 0 Å². The van der Waals surface area contributed by atoms with Gasteiger partial charge >= 0.3 is 0 Å². The van der Waals surface area contributed by atoms with E-state index in [9.17, 15) is 0 Å². The fourth-order valence-corrected chi connectivity index (χ4v) is 2.47. The van der Waals surface area contributed by atoms with Gasteiger partial charge in [-0.2, -0.15) is 0 Å². The molecule has 0 aliphatic rings. The maximum Gasteiger partial charge on any atom is 0.225 e. The van der Waals surface area contributed by atoms with Crippen LogP contribution in [0.3, 0.4) is 0 Å². The van der Waals surface area contributed by atoms with Crippen LogP contribution in [0.2, 0.25) is 0 Å². The number of benzene rings is 2. The van der Waals surface area contributed by atoms with Gasteiger partial charge in [0.05, 0.1) is 5.69 Å². The predicted octanol–water partition coefficient (Wildman–Crippen LogP) is 3.10. The number of nitrogen functional groups attached to an aromatic ring is 1. The standard InChI is InChI=1S/C15H14N4S/c16-14-17-18-15(20)19(14)13-9-5-4-8-12(13)10-11-6-2-1-3-7-11/h1-9H,10H2,(H2,16,17)(H,18,20). The summed E-state index contributed by atoms with van der Waals surface area (Å²) in [6, 6.07) is 18.4. The molecule has 0 aliphatic carbocycles. The molecule has 1 aromatic heterocycles. The van der Waals surface area contributed by atoms with Crippen molar-refractivity contribution in [3.05, 3.63) is 70.5 Å². The first-order chi connectivity index (χ1) is 9.75. The Bertz CT molecular complexity index is 774. The third kappa shape index (κ3) is 2.35. The topological polar surface area (TPSA) is 59.6 Å². The molecule has 0 spiro atoms. The number of nitrogens with two attached hydrogens (primary N) is 1. The molecule has 1 heterocycles. The first-order valence-corrected chi connectivity index (χ1v) is 6.71. The molecule has 3 N–H and O–H groups in total. The summed E-state index contributed by atoms with van der Waals surface area (Å²) in [6.45, 7) is 0. The van der Waals surface area contributed by atoms with Crippen molar-refractivity contribution >= 4 is 18.2 Å². The molecule has 5 heteroatoms. The summed E-state index contributed by atoms with van der Waals surface area (Å²) < 4.78 is 2.26. The van der Waals surface area contributed by atoms with Gasteiger partial charge in [0, 0.05) is 0 Å². The van der Waals surface area contributed by atoms with Crippen LogP contribution in [0.25, 0.3) is 5.69 Å². The highest BCUT2D eigenvalue weighted by Crippen LogP contribution is 2.20. The number of H-pyrrole nitrogens is 1. The Morgan fingerprint density at radius 1 is 1.05 bits per heavy atom. The van der Waals surface area contributed by atoms with Gasteiger partial charge in [0.2, 0.25) is 10.7 Å². The summed E-state index contributed by atoms with van der Waals surface area (Å²) in [5.74, 6) is 0.371. The summed E-state index contributed by atoms with van der Waals surface area (Å²) >= 11 is 5.24. The zero-order valence-corrected chi connectivity index (χ0v) is 11.6. The van der Waals surface area contributed by atoms with Crippen LogP contribution in [0.1, 0.15) is 11.1 Å². The molecule has 100 valence electrons. The Morgan fingerprint density at radius 2 is 1.75 bits per heavy atom. The smallest absolute Gasteiger partial charge is 0.225 e. The van der Waals surface area contributed by atoms with Crippen molar-refractivity contribution in [1.29, 1.82) is 0 Å². The van der Waals surface area contributed by atoms with E-state index in [4.69, 9.17) is 18.0 Å². The Labute approximate surface area is 121 Å². The number of hydrogen-bond donors (Lipinski definition) is 2. The van der Waals surface area contributed by atoms with E-state index >= 15 is 0 Å². The van der Waals surface area contributed by atoms with Crippen molar-refractivity contribution in [2.45, 2.75) is 6.42 Å². The van der Waals surface area contributed by atoms with Gasteiger partial charge in [-0.1, -0.05) is 48.5 Å². The SMILES string of the molecule is Nc1n[nH]c(=S)n1-c1ccccc1Cc1ccccc1. The normalized spacial score (nSPS) is 10.6. The maximum atomic E-state index is 5.89. The first-order valence-electron chi connectivity index (χ1n) is 6.31. The maximum absolute atomic E-state index is 5.89. The lowest BCUT2D eigenvalue weighted by Gasteiger charge is -2.11. The van der Waals surface area contributed by atoms with Crippen LogP contribution in [0.4, 0.5) is 5.95 Å². The molecule has 0 unspecified atom stereocenters. The molecule has 0 aliphatic heterocycles. The number of rotatable bonds is 3. The third-order valence-corrected chi connectivity index (χ3v) is 3.44. The van der Waals surface area contributed by atoms with E-state index in [1.165, 1.54) is 5.56 Å². The third-order valence-electron chi connectivity index (χ3n) is 3.17. The van der Waals surface area contributed by atoms with Gasteiger partial charge in [0.25, 0.3) is 0 Å². The minimum atomic E-state index is 0.371. The highest BCUT2D eigenvalue weighted by molar-refractivity contribution is 7.71. The zero-order chi connectivity index (χ0) is 13.9. The van der Waals surface area contributed by atoms with Crippen molar-refractivity contribution in [2.24, 2.45) is 0 Å². The molecular weight excluding hydrogens is 268 g/mol. The van der Waals surface area contributed by atoms with E-state index in [-0.39, 0.29) is 0 Å². The van der Waals surface area contributed by atoms with E-state index < -0.39 is 0 Å². The Hall–Kier alpha value is -2.40. The zero-order valence-electron chi connectivity index (χ0n) is 10.8. The van der Waals surface area contributed by atoms with Gasteiger partial charge in [0.15, 0.2) is 0 Å². The van der Waals surface area contributed by atoms with Gasteiger partial charge in [-0.15, -0.1) is 5.10 Å². The fraction of sp³-hybridized carbons (Fsp3) is 0.0667. The van der Waals surface area contributed by atoms with Gasteiger partial charge in [-0.3, -0.25) is 4.57 Å². The second-order valence-electron chi connectivity index (χ2n) is 4.51. The molecule has 3 aromatic rings. The monoisotopic (exact) mass is 282 g/mol. The summed E-state index contributed by atoms with van der Waals surface area (Å²) in [5, 5.41) is 6.68. The molecule has 20 heavy (non-hydrogen) atoms. The molecule has 4 nitrogen and oxygen atoms in total. The number of nitrogens with zero attached hydrogens (tertiary/aromatic N) is 2. The van der Waals surface area contributed by atoms with Crippen LogP contribution >= 0.6 is 12.2 Å².